The Balaban J connectivity index is 1.67. The summed E-state index contributed by atoms with van der Waals surface area (Å²) in [5, 5.41) is 2.97. The first-order valence-corrected chi connectivity index (χ1v) is 7.24. The number of piperidine rings is 1. The van der Waals surface area contributed by atoms with E-state index >= 15 is 0 Å². The molecule has 106 valence electrons. The Morgan fingerprint density at radius 1 is 1.32 bits per heavy atom. The summed E-state index contributed by atoms with van der Waals surface area (Å²) in [6, 6.07) is 1.80. The predicted octanol–water partition coefficient (Wildman–Crippen LogP) is 2.50. The van der Waals surface area contributed by atoms with Gasteiger partial charge in [0.25, 0.3) is 5.91 Å². The van der Waals surface area contributed by atoms with Crippen LogP contribution >= 0.6 is 0 Å². The Morgan fingerprint density at radius 2 is 2.05 bits per heavy atom. The van der Waals surface area contributed by atoms with E-state index in [0.717, 1.165) is 25.3 Å². The zero-order chi connectivity index (χ0) is 13.7. The number of amides is 1. The first kappa shape index (κ1) is 14.1. The fourth-order valence-corrected chi connectivity index (χ4v) is 2.64. The number of nitrogens with one attached hydrogen (secondary N) is 1. The Bertz CT molecular complexity index is 420. The van der Waals surface area contributed by atoms with Crippen molar-refractivity contribution in [3.8, 4) is 0 Å². The maximum atomic E-state index is 11.9. The molecule has 1 N–H and O–H groups in total. The van der Waals surface area contributed by atoms with E-state index in [1.807, 2.05) is 13.8 Å². The van der Waals surface area contributed by atoms with Gasteiger partial charge in [0.1, 0.15) is 11.5 Å². The molecule has 1 aliphatic heterocycles. The highest BCUT2D eigenvalue weighted by atomic mass is 16.3. The quantitative estimate of drug-likeness (QED) is 0.831. The Kier molecular flexibility index (Phi) is 5.02. The molecule has 4 heteroatoms. The lowest BCUT2D eigenvalue weighted by atomic mass is 10.1. The summed E-state index contributed by atoms with van der Waals surface area (Å²) in [6.07, 6.45) is 5.02. The zero-order valence-corrected chi connectivity index (χ0v) is 12.0. The van der Waals surface area contributed by atoms with Gasteiger partial charge in [-0.05, 0) is 58.8 Å². The van der Waals surface area contributed by atoms with Gasteiger partial charge in [0.15, 0.2) is 0 Å². The number of likely N-dealkylation sites (tertiary alicyclic amines) is 1. The smallest absolute Gasteiger partial charge is 0.254 e. The molecule has 0 atom stereocenters. The van der Waals surface area contributed by atoms with Gasteiger partial charge in [-0.15, -0.1) is 0 Å². The molecular weight excluding hydrogens is 240 g/mol. The first-order valence-electron chi connectivity index (χ1n) is 7.24. The number of hydrogen-bond donors (Lipinski definition) is 1. The van der Waals surface area contributed by atoms with E-state index in [4.69, 9.17) is 4.42 Å². The van der Waals surface area contributed by atoms with Crippen molar-refractivity contribution in [1.82, 2.24) is 10.2 Å². The molecule has 1 aromatic rings. The van der Waals surface area contributed by atoms with Crippen molar-refractivity contribution in [3.63, 3.8) is 0 Å². The minimum absolute atomic E-state index is 0.0204. The zero-order valence-electron chi connectivity index (χ0n) is 12.0. The van der Waals surface area contributed by atoms with Crippen molar-refractivity contribution in [3.05, 3.63) is 23.2 Å². The number of carbonyl (C=O) groups is 1. The van der Waals surface area contributed by atoms with Gasteiger partial charge in [-0.25, -0.2) is 0 Å². The van der Waals surface area contributed by atoms with Crippen LogP contribution in [0.5, 0.6) is 0 Å². The normalized spacial score (nSPS) is 16.5. The molecule has 0 spiro atoms. The highest BCUT2D eigenvalue weighted by Crippen LogP contribution is 2.13. The van der Waals surface area contributed by atoms with E-state index in [1.165, 1.54) is 32.4 Å². The van der Waals surface area contributed by atoms with Crippen molar-refractivity contribution in [2.45, 2.75) is 39.5 Å². The van der Waals surface area contributed by atoms with Crippen LogP contribution in [0.1, 0.15) is 47.6 Å². The SMILES string of the molecule is Cc1cc(C(=O)NCCCN2CCCCC2)c(C)o1. The van der Waals surface area contributed by atoms with Gasteiger partial charge >= 0.3 is 0 Å². The van der Waals surface area contributed by atoms with Crippen molar-refractivity contribution < 1.29 is 9.21 Å². The number of aryl methyl sites for hydroxylation is 2. The molecule has 0 unspecified atom stereocenters. The molecule has 2 rings (SSSR count). The maximum absolute atomic E-state index is 11.9. The molecule has 1 aliphatic rings. The standard InChI is InChI=1S/C15H24N2O2/c1-12-11-14(13(2)19-12)15(18)16-7-6-10-17-8-4-3-5-9-17/h11H,3-10H2,1-2H3,(H,16,18). The molecule has 2 heterocycles. The van der Waals surface area contributed by atoms with E-state index in [1.54, 1.807) is 6.07 Å². The molecular formula is C15H24N2O2. The van der Waals surface area contributed by atoms with E-state index in [2.05, 4.69) is 10.2 Å². The molecule has 1 aromatic heterocycles. The number of nitrogens with zero attached hydrogens (tertiary/aromatic N) is 1. The average Bonchev–Trinajstić information content (AvgIpc) is 2.75. The molecule has 4 nitrogen and oxygen atoms in total. The van der Waals surface area contributed by atoms with Crippen LogP contribution in [0.25, 0.3) is 0 Å². The second-order valence-electron chi connectivity index (χ2n) is 5.34. The third kappa shape index (κ3) is 4.10. The van der Waals surface area contributed by atoms with Crippen LogP contribution in [0.3, 0.4) is 0 Å². The van der Waals surface area contributed by atoms with Gasteiger partial charge in [-0.3, -0.25) is 4.79 Å². The molecule has 0 radical (unpaired) electrons. The van der Waals surface area contributed by atoms with E-state index < -0.39 is 0 Å². The van der Waals surface area contributed by atoms with Gasteiger partial charge in [0.2, 0.25) is 0 Å². The molecule has 0 aromatic carbocycles. The van der Waals surface area contributed by atoms with Crippen molar-refractivity contribution in [2.24, 2.45) is 0 Å². The second-order valence-corrected chi connectivity index (χ2v) is 5.34. The minimum atomic E-state index is -0.0204. The Labute approximate surface area is 115 Å². The summed E-state index contributed by atoms with van der Waals surface area (Å²) in [6.45, 7) is 7.94. The topological polar surface area (TPSA) is 45.5 Å². The van der Waals surface area contributed by atoms with E-state index in [9.17, 15) is 4.79 Å². The van der Waals surface area contributed by atoms with Crippen LogP contribution < -0.4 is 5.32 Å². The summed E-state index contributed by atoms with van der Waals surface area (Å²) >= 11 is 0. The van der Waals surface area contributed by atoms with Gasteiger partial charge in [-0.1, -0.05) is 6.42 Å². The molecule has 0 saturated carbocycles. The fraction of sp³-hybridized carbons (Fsp3) is 0.667. The molecule has 1 saturated heterocycles. The van der Waals surface area contributed by atoms with Gasteiger partial charge in [-0.2, -0.15) is 0 Å². The second kappa shape index (κ2) is 6.75. The number of hydrogen-bond acceptors (Lipinski definition) is 3. The largest absolute Gasteiger partial charge is 0.466 e. The Hall–Kier alpha value is -1.29. The molecule has 19 heavy (non-hydrogen) atoms. The van der Waals surface area contributed by atoms with Gasteiger partial charge in [0.05, 0.1) is 5.56 Å². The lowest BCUT2D eigenvalue weighted by Crippen LogP contribution is -2.33. The fourth-order valence-electron chi connectivity index (χ4n) is 2.64. The van der Waals surface area contributed by atoms with Crippen molar-refractivity contribution >= 4 is 5.91 Å². The molecule has 0 bridgehead atoms. The van der Waals surface area contributed by atoms with Crippen LogP contribution in [-0.2, 0) is 0 Å². The van der Waals surface area contributed by atoms with Crippen LogP contribution in [0.4, 0.5) is 0 Å². The highest BCUT2D eigenvalue weighted by molar-refractivity contribution is 5.95. The summed E-state index contributed by atoms with van der Waals surface area (Å²) in [7, 11) is 0. The Morgan fingerprint density at radius 3 is 2.68 bits per heavy atom. The summed E-state index contributed by atoms with van der Waals surface area (Å²) in [4.78, 5) is 14.4. The van der Waals surface area contributed by atoms with E-state index in [0.29, 0.717) is 11.3 Å². The number of furan rings is 1. The van der Waals surface area contributed by atoms with Crippen LogP contribution in [0, 0.1) is 13.8 Å². The molecule has 1 fully saturated rings. The lowest BCUT2D eigenvalue weighted by molar-refractivity contribution is 0.0949. The monoisotopic (exact) mass is 264 g/mol. The molecule has 0 aliphatic carbocycles. The summed E-state index contributed by atoms with van der Waals surface area (Å²) in [5.74, 6) is 1.47. The van der Waals surface area contributed by atoms with Crippen LogP contribution in [0.2, 0.25) is 0 Å². The molecule has 1 amide bonds. The third-order valence-corrected chi connectivity index (χ3v) is 3.67. The number of rotatable bonds is 5. The maximum Gasteiger partial charge on any atom is 0.254 e. The minimum Gasteiger partial charge on any atom is -0.466 e. The van der Waals surface area contributed by atoms with Crippen LogP contribution in [-0.4, -0.2) is 37.0 Å². The first-order chi connectivity index (χ1) is 9.16. The van der Waals surface area contributed by atoms with Gasteiger partial charge < -0.3 is 14.6 Å². The third-order valence-electron chi connectivity index (χ3n) is 3.67. The summed E-state index contributed by atoms with van der Waals surface area (Å²) in [5.41, 5.74) is 0.662. The van der Waals surface area contributed by atoms with Crippen LogP contribution in [0.15, 0.2) is 10.5 Å². The highest BCUT2D eigenvalue weighted by Gasteiger charge is 2.13. The number of carbonyl (C=O) groups excluding carboxylic acids is 1. The van der Waals surface area contributed by atoms with Crippen molar-refractivity contribution in [2.75, 3.05) is 26.2 Å². The average molecular weight is 264 g/mol. The predicted molar refractivity (Wildman–Crippen MR) is 75.4 cm³/mol. The lowest BCUT2D eigenvalue weighted by Gasteiger charge is -2.26. The van der Waals surface area contributed by atoms with Crippen molar-refractivity contribution in [1.29, 1.82) is 0 Å². The summed E-state index contributed by atoms with van der Waals surface area (Å²) < 4.78 is 5.37. The van der Waals surface area contributed by atoms with Gasteiger partial charge in [0, 0.05) is 6.54 Å². The van der Waals surface area contributed by atoms with E-state index in [-0.39, 0.29) is 5.91 Å².